The summed E-state index contributed by atoms with van der Waals surface area (Å²) < 4.78 is 0. The fourth-order valence-corrected chi connectivity index (χ4v) is 1.92. The van der Waals surface area contributed by atoms with E-state index in [4.69, 9.17) is 11.6 Å². The molecule has 0 atom stereocenters. The Balaban J connectivity index is 2.36. The van der Waals surface area contributed by atoms with Crippen molar-refractivity contribution in [3.05, 3.63) is 70.2 Å². The van der Waals surface area contributed by atoms with Crippen LogP contribution >= 0.6 is 11.6 Å². The predicted molar refractivity (Wildman–Crippen MR) is 70.7 cm³/mol. The summed E-state index contributed by atoms with van der Waals surface area (Å²) in [5.41, 5.74) is 2.51. The number of aryl methyl sites for hydroxylation is 1. The predicted octanol–water partition coefficient (Wildman–Crippen LogP) is 4.13. The molecule has 0 aliphatic rings. The maximum absolute atomic E-state index is 12.2. The monoisotopic (exact) mass is 244 g/mol. The van der Waals surface area contributed by atoms with E-state index >= 15 is 0 Å². The molecule has 2 aromatic carbocycles. The van der Waals surface area contributed by atoms with E-state index < -0.39 is 0 Å². The Hall–Kier alpha value is -1.60. The Labute approximate surface area is 106 Å². The first-order chi connectivity index (χ1) is 8.20. The van der Waals surface area contributed by atoms with Crippen LogP contribution in [0.4, 0.5) is 0 Å². The average molecular weight is 245 g/mol. The van der Waals surface area contributed by atoms with Crippen LogP contribution in [0, 0.1) is 0 Å². The molecule has 0 spiro atoms. The van der Waals surface area contributed by atoms with Gasteiger partial charge < -0.3 is 0 Å². The molecule has 0 aliphatic heterocycles. The lowest BCUT2D eigenvalue weighted by Gasteiger charge is -2.03. The standard InChI is InChI=1S/C15H13ClO/c1-2-11-5-3-6-12(9-11)15(17)13-7-4-8-14(16)10-13/h3-10H,2H2,1H3. The van der Waals surface area contributed by atoms with Gasteiger partial charge in [-0.25, -0.2) is 0 Å². The van der Waals surface area contributed by atoms with Crippen LogP contribution in [0.1, 0.15) is 28.4 Å². The minimum Gasteiger partial charge on any atom is -0.289 e. The summed E-state index contributed by atoms with van der Waals surface area (Å²) in [4.78, 5) is 12.2. The van der Waals surface area contributed by atoms with Crippen LogP contribution in [0.15, 0.2) is 48.5 Å². The van der Waals surface area contributed by atoms with E-state index in [-0.39, 0.29) is 5.78 Å². The van der Waals surface area contributed by atoms with Crippen LogP contribution < -0.4 is 0 Å². The number of hydrogen-bond donors (Lipinski definition) is 0. The fourth-order valence-electron chi connectivity index (χ4n) is 1.73. The molecule has 0 unspecified atom stereocenters. The van der Waals surface area contributed by atoms with Gasteiger partial charge in [-0.2, -0.15) is 0 Å². The molecule has 2 rings (SSSR count). The largest absolute Gasteiger partial charge is 0.289 e. The molecular formula is C15H13ClO. The van der Waals surface area contributed by atoms with Crippen LogP contribution in [0.3, 0.4) is 0 Å². The highest BCUT2D eigenvalue weighted by Crippen LogP contribution is 2.16. The van der Waals surface area contributed by atoms with Gasteiger partial charge in [-0.05, 0) is 30.2 Å². The third kappa shape index (κ3) is 2.75. The summed E-state index contributed by atoms with van der Waals surface area (Å²) in [6.07, 6.45) is 0.927. The summed E-state index contributed by atoms with van der Waals surface area (Å²) in [7, 11) is 0. The SMILES string of the molecule is CCc1cccc(C(=O)c2cccc(Cl)c2)c1. The zero-order valence-electron chi connectivity index (χ0n) is 9.61. The van der Waals surface area contributed by atoms with Crippen molar-refractivity contribution in [3.8, 4) is 0 Å². The second kappa shape index (κ2) is 5.15. The Morgan fingerprint density at radius 3 is 2.35 bits per heavy atom. The van der Waals surface area contributed by atoms with Gasteiger partial charge in [-0.15, -0.1) is 0 Å². The molecule has 17 heavy (non-hydrogen) atoms. The highest BCUT2D eigenvalue weighted by molar-refractivity contribution is 6.31. The van der Waals surface area contributed by atoms with Crippen molar-refractivity contribution in [3.63, 3.8) is 0 Å². The van der Waals surface area contributed by atoms with Gasteiger partial charge >= 0.3 is 0 Å². The summed E-state index contributed by atoms with van der Waals surface area (Å²) in [6, 6.07) is 14.7. The lowest BCUT2D eigenvalue weighted by molar-refractivity contribution is 0.103. The molecule has 0 aliphatic carbocycles. The first kappa shape index (κ1) is 11.9. The molecule has 0 N–H and O–H groups in total. The third-order valence-electron chi connectivity index (χ3n) is 2.68. The molecule has 0 fully saturated rings. The number of carbonyl (C=O) groups is 1. The summed E-state index contributed by atoms with van der Waals surface area (Å²) in [5, 5.41) is 0.586. The number of hydrogen-bond acceptors (Lipinski definition) is 1. The first-order valence-electron chi connectivity index (χ1n) is 5.60. The minimum atomic E-state index is 0.0165. The number of carbonyl (C=O) groups excluding carboxylic acids is 1. The Morgan fingerprint density at radius 2 is 1.71 bits per heavy atom. The average Bonchev–Trinajstić information content (AvgIpc) is 2.38. The van der Waals surface area contributed by atoms with Crippen molar-refractivity contribution in [2.75, 3.05) is 0 Å². The first-order valence-corrected chi connectivity index (χ1v) is 5.97. The molecule has 2 heteroatoms. The van der Waals surface area contributed by atoms with Crippen molar-refractivity contribution in [1.82, 2.24) is 0 Å². The van der Waals surface area contributed by atoms with Gasteiger partial charge in [-0.3, -0.25) is 4.79 Å². The number of ketones is 1. The summed E-state index contributed by atoms with van der Waals surface area (Å²) in [6.45, 7) is 2.07. The van der Waals surface area contributed by atoms with Crippen molar-refractivity contribution < 1.29 is 4.79 Å². The van der Waals surface area contributed by atoms with Gasteiger partial charge in [0.05, 0.1) is 0 Å². The third-order valence-corrected chi connectivity index (χ3v) is 2.92. The molecule has 0 aromatic heterocycles. The minimum absolute atomic E-state index is 0.0165. The van der Waals surface area contributed by atoms with Crippen LogP contribution in [0.5, 0.6) is 0 Å². The lowest BCUT2D eigenvalue weighted by Crippen LogP contribution is -2.01. The van der Waals surface area contributed by atoms with Gasteiger partial charge in [0.15, 0.2) is 5.78 Å². The smallest absolute Gasteiger partial charge is 0.193 e. The molecule has 0 radical (unpaired) electrons. The Bertz CT molecular complexity index is 546. The quantitative estimate of drug-likeness (QED) is 0.742. The van der Waals surface area contributed by atoms with Crippen molar-refractivity contribution in [2.24, 2.45) is 0 Å². The van der Waals surface area contributed by atoms with E-state index in [2.05, 4.69) is 6.92 Å². The zero-order chi connectivity index (χ0) is 12.3. The van der Waals surface area contributed by atoms with Crippen LogP contribution in [0.25, 0.3) is 0 Å². The van der Waals surface area contributed by atoms with E-state index in [0.29, 0.717) is 16.1 Å². The highest BCUT2D eigenvalue weighted by Gasteiger charge is 2.09. The van der Waals surface area contributed by atoms with E-state index in [1.54, 1.807) is 24.3 Å². The molecule has 86 valence electrons. The molecule has 1 nitrogen and oxygen atoms in total. The second-order valence-corrected chi connectivity index (χ2v) is 4.33. The van der Waals surface area contributed by atoms with Crippen molar-refractivity contribution in [1.29, 1.82) is 0 Å². The molecule has 0 saturated carbocycles. The van der Waals surface area contributed by atoms with E-state index in [9.17, 15) is 4.79 Å². The number of benzene rings is 2. The van der Waals surface area contributed by atoms with Gasteiger partial charge in [-0.1, -0.05) is 48.9 Å². The molecule has 0 amide bonds. The summed E-state index contributed by atoms with van der Waals surface area (Å²) in [5.74, 6) is 0.0165. The number of halogens is 1. The van der Waals surface area contributed by atoms with E-state index in [0.717, 1.165) is 12.0 Å². The van der Waals surface area contributed by atoms with Crippen molar-refractivity contribution in [2.45, 2.75) is 13.3 Å². The van der Waals surface area contributed by atoms with Gasteiger partial charge in [0.2, 0.25) is 0 Å². The molecule has 0 saturated heterocycles. The Morgan fingerprint density at radius 1 is 1.06 bits per heavy atom. The molecule has 0 heterocycles. The van der Waals surface area contributed by atoms with E-state index in [1.165, 1.54) is 0 Å². The van der Waals surface area contributed by atoms with Crippen molar-refractivity contribution >= 4 is 17.4 Å². The zero-order valence-corrected chi connectivity index (χ0v) is 10.4. The summed E-state index contributed by atoms with van der Waals surface area (Å²) >= 11 is 5.88. The number of rotatable bonds is 3. The fraction of sp³-hybridized carbons (Fsp3) is 0.133. The maximum atomic E-state index is 12.2. The van der Waals surface area contributed by atoms with Gasteiger partial charge in [0, 0.05) is 16.1 Å². The highest BCUT2D eigenvalue weighted by atomic mass is 35.5. The molecule has 2 aromatic rings. The van der Waals surface area contributed by atoms with Crippen LogP contribution in [-0.2, 0) is 6.42 Å². The normalized spacial score (nSPS) is 10.2. The molecular weight excluding hydrogens is 232 g/mol. The Kier molecular flexibility index (Phi) is 3.60. The maximum Gasteiger partial charge on any atom is 0.193 e. The van der Waals surface area contributed by atoms with Crippen LogP contribution in [-0.4, -0.2) is 5.78 Å². The lowest BCUT2D eigenvalue weighted by atomic mass is 10.0. The van der Waals surface area contributed by atoms with Gasteiger partial charge in [0.25, 0.3) is 0 Å². The second-order valence-electron chi connectivity index (χ2n) is 3.89. The van der Waals surface area contributed by atoms with Gasteiger partial charge in [0.1, 0.15) is 0 Å². The van der Waals surface area contributed by atoms with Crippen LogP contribution in [0.2, 0.25) is 5.02 Å². The molecule has 0 bridgehead atoms. The van der Waals surface area contributed by atoms with E-state index in [1.807, 2.05) is 24.3 Å². The topological polar surface area (TPSA) is 17.1 Å².